The van der Waals surface area contributed by atoms with Gasteiger partial charge in [0.2, 0.25) is 5.89 Å². The van der Waals surface area contributed by atoms with Crippen LogP contribution in [0.1, 0.15) is 19.6 Å². The normalized spacial score (nSPS) is 24.7. The van der Waals surface area contributed by atoms with Crippen LogP contribution in [0.4, 0.5) is 0 Å². The van der Waals surface area contributed by atoms with Crippen LogP contribution < -0.4 is 16.0 Å². The van der Waals surface area contributed by atoms with Crippen LogP contribution in [0.3, 0.4) is 0 Å². The lowest BCUT2D eigenvalue weighted by molar-refractivity contribution is -0.123. The number of fused-ring (bicyclic) bond motifs is 6. The van der Waals surface area contributed by atoms with Crippen LogP contribution in [-0.4, -0.2) is 38.2 Å². The number of H-pyrrole nitrogens is 1. The van der Waals surface area contributed by atoms with Gasteiger partial charge in [0, 0.05) is 28.8 Å². The maximum Gasteiger partial charge on any atom is 0.227 e. The van der Waals surface area contributed by atoms with Gasteiger partial charge in [0.1, 0.15) is 6.04 Å². The Morgan fingerprint density at radius 3 is 2.66 bits per heavy atom. The number of Topliss-reactive ketones (excluding diaryl/α,β-unsaturated/α-hetero) is 1. The number of carbonyl (C=O) groups excluding carboxylic acids is 1. The highest BCUT2D eigenvalue weighted by molar-refractivity contribution is 6.20. The van der Waals surface area contributed by atoms with Crippen molar-refractivity contribution in [2.75, 3.05) is 0 Å². The summed E-state index contributed by atoms with van der Waals surface area (Å²) in [6.07, 6.45) is 20.7. The second kappa shape index (κ2) is 8.08. The lowest BCUT2D eigenvalue weighted by Crippen LogP contribution is -2.27. The smallest absolute Gasteiger partial charge is 0.227 e. The minimum Gasteiger partial charge on any atom is -0.438 e. The molecule has 7 heterocycles. The number of allylic oxidation sites excluding steroid dienone is 4. The van der Waals surface area contributed by atoms with Crippen molar-refractivity contribution in [3.63, 3.8) is 0 Å². The molecule has 38 heavy (non-hydrogen) atoms. The van der Waals surface area contributed by atoms with Crippen molar-refractivity contribution in [2.24, 2.45) is 15.4 Å². The third-order valence-electron chi connectivity index (χ3n) is 7.24. The summed E-state index contributed by atoms with van der Waals surface area (Å²) in [7, 11) is 0. The molecule has 7 rings (SSSR count). The molecule has 1 saturated heterocycles. The number of aliphatic imine (C=N–C) groups is 2. The van der Waals surface area contributed by atoms with Gasteiger partial charge in [0.25, 0.3) is 0 Å². The van der Waals surface area contributed by atoms with Crippen molar-refractivity contribution < 1.29 is 9.21 Å². The number of pyridine rings is 1. The van der Waals surface area contributed by atoms with Gasteiger partial charge in [0.15, 0.2) is 17.1 Å². The van der Waals surface area contributed by atoms with Crippen LogP contribution in [0.25, 0.3) is 23.6 Å². The lowest BCUT2D eigenvalue weighted by atomic mass is 9.83. The molecule has 4 aliphatic heterocycles. The zero-order valence-electron chi connectivity index (χ0n) is 20.8. The third-order valence-corrected chi connectivity index (χ3v) is 7.24. The summed E-state index contributed by atoms with van der Waals surface area (Å²) >= 11 is 0. The topological polar surface area (TPSA) is 109 Å². The monoisotopic (exact) mass is 500 g/mol. The van der Waals surface area contributed by atoms with Crippen LogP contribution in [0.5, 0.6) is 0 Å². The first-order valence-corrected chi connectivity index (χ1v) is 12.5. The van der Waals surface area contributed by atoms with E-state index in [1.807, 2.05) is 86.7 Å². The number of hydrogen-bond donors (Lipinski definition) is 2. The minimum atomic E-state index is -0.988. The van der Waals surface area contributed by atoms with Gasteiger partial charge >= 0.3 is 0 Å². The number of ketones is 1. The van der Waals surface area contributed by atoms with E-state index in [4.69, 9.17) is 9.41 Å². The Morgan fingerprint density at radius 1 is 1.00 bits per heavy atom. The van der Waals surface area contributed by atoms with Gasteiger partial charge in [-0.05, 0) is 86.7 Å². The zero-order chi connectivity index (χ0) is 25.9. The number of aromatic nitrogens is 3. The van der Waals surface area contributed by atoms with Crippen molar-refractivity contribution in [1.82, 2.24) is 20.3 Å². The predicted molar refractivity (Wildman–Crippen MR) is 145 cm³/mol. The Bertz CT molecular complexity index is 1800. The third kappa shape index (κ3) is 3.64. The first-order chi connectivity index (χ1) is 18.4. The van der Waals surface area contributed by atoms with Crippen LogP contribution in [-0.2, 0) is 10.3 Å². The Kier molecular flexibility index (Phi) is 4.75. The fourth-order valence-electron chi connectivity index (χ4n) is 5.10. The maximum absolute atomic E-state index is 13.5. The Labute approximate surface area is 218 Å². The van der Waals surface area contributed by atoms with Gasteiger partial charge in [0.05, 0.1) is 34.3 Å². The molecule has 8 nitrogen and oxygen atoms in total. The van der Waals surface area contributed by atoms with E-state index >= 15 is 0 Å². The van der Waals surface area contributed by atoms with E-state index in [-0.39, 0.29) is 5.78 Å². The number of rotatable bonds is 2. The first kappa shape index (κ1) is 22.4. The van der Waals surface area contributed by atoms with Crippen LogP contribution in [0.2, 0.25) is 0 Å². The number of hydrogen-bond acceptors (Lipinski definition) is 7. The van der Waals surface area contributed by atoms with E-state index < -0.39 is 17.0 Å². The fraction of sp³-hybridized carbons (Fsp3) is 0.167. The highest BCUT2D eigenvalue weighted by Gasteiger charge is 2.46. The average Bonchev–Trinajstić information content (AvgIpc) is 3.73. The molecular weight excluding hydrogens is 476 g/mol. The summed E-state index contributed by atoms with van der Waals surface area (Å²) in [5.41, 5.74) is 2.12. The molecule has 4 aliphatic rings. The molecule has 2 atom stereocenters. The molecule has 0 amide bonds. The van der Waals surface area contributed by atoms with Gasteiger partial charge in [-0.1, -0.05) is 0 Å². The molecule has 1 fully saturated rings. The number of aromatic amines is 1. The van der Waals surface area contributed by atoms with E-state index in [0.29, 0.717) is 11.7 Å². The summed E-state index contributed by atoms with van der Waals surface area (Å²) in [4.78, 5) is 35.4. The molecule has 8 bridgehead atoms. The Hall–Kier alpha value is -4.85. The van der Waals surface area contributed by atoms with Crippen molar-refractivity contribution in [3.8, 4) is 11.5 Å². The molecule has 2 unspecified atom stereocenters. The average molecular weight is 501 g/mol. The fourth-order valence-corrected chi connectivity index (χ4v) is 5.10. The Morgan fingerprint density at radius 2 is 1.84 bits per heavy atom. The molecule has 3 aromatic rings. The maximum atomic E-state index is 13.5. The molecule has 2 N–H and O–H groups in total. The standard InChI is InChI=1S/C30H24N6O2/c1-29(2)25-15-30(26-17-32-28(38-26)18-4-3-11-31-16-18)10-9-23(36-30)13-21-6-5-19(33-21)12-20-7-8-22(34-20)14-24(35-25)27(29)37/h3-17,24,33,35H,1-2H3. The van der Waals surface area contributed by atoms with Crippen LogP contribution in [0.15, 0.2) is 105 Å². The molecule has 186 valence electrons. The molecule has 0 saturated carbocycles. The number of oxazole rings is 1. The van der Waals surface area contributed by atoms with E-state index in [0.717, 1.165) is 39.1 Å². The molecular formula is C30H24N6O2. The van der Waals surface area contributed by atoms with E-state index in [9.17, 15) is 4.79 Å². The van der Waals surface area contributed by atoms with E-state index in [2.05, 4.69) is 25.3 Å². The first-order valence-electron chi connectivity index (χ1n) is 12.5. The highest BCUT2D eigenvalue weighted by atomic mass is 16.4. The van der Waals surface area contributed by atoms with Crippen molar-refractivity contribution in [1.29, 1.82) is 0 Å². The number of nitrogens with one attached hydrogen (secondary N) is 2. The van der Waals surface area contributed by atoms with Crippen LogP contribution >= 0.6 is 0 Å². The van der Waals surface area contributed by atoms with Gasteiger partial charge < -0.3 is 14.7 Å². The largest absolute Gasteiger partial charge is 0.438 e. The molecule has 0 aliphatic carbocycles. The van der Waals surface area contributed by atoms with E-state index in [1.165, 1.54) is 0 Å². The quantitative estimate of drug-likeness (QED) is 0.563. The predicted octanol–water partition coefficient (Wildman–Crippen LogP) is 2.89. The van der Waals surface area contributed by atoms with Gasteiger partial charge in [-0.2, -0.15) is 0 Å². The summed E-state index contributed by atoms with van der Waals surface area (Å²) in [5.74, 6) is 1.07. The zero-order valence-corrected chi connectivity index (χ0v) is 20.8. The van der Waals surface area contributed by atoms with Crippen LogP contribution in [0, 0.1) is 5.41 Å². The molecule has 0 aromatic carbocycles. The van der Waals surface area contributed by atoms with Gasteiger partial charge in [-0.15, -0.1) is 0 Å². The number of carbonyl (C=O) groups is 1. The van der Waals surface area contributed by atoms with Crippen molar-refractivity contribution in [2.45, 2.75) is 25.4 Å². The summed E-state index contributed by atoms with van der Waals surface area (Å²) in [5, 5.41) is 5.28. The summed E-state index contributed by atoms with van der Waals surface area (Å²) in [6, 6.07) is 7.24. The summed E-state index contributed by atoms with van der Waals surface area (Å²) in [6.45, 7) is 3.86. The molecule has 0 radical (unpaired) electrons. The van der Waals surface area contributed by atoms with Crippen molar-refractivity contribution in [3.05, 3.63) is 107 Å². The number of nitrogens with zero attached hydrogens (tertiary/aromatic N) is 4. The highest BCUT2D eigenvalue weighted by Crippen LogP contribution is 2.42. The molecule has 0 spiro atoms. The minimum absolute atomic E-state index is 0.0664. The molecule has 3 aromatic heterocycles. The second-order valence-corrected chi connectivity index (χ2v) is 10.3. The second-order valence-electron chi connectivity index (χ2n) is 10.3. The van der Waals surface area contributed by atoms with Gasteiger partial charge in [-0.3, -0.25) is 14.8 Å². The Balaban J connectivity index is 1.43. The SMILES string of the molecule is CC1(C)C(=O)C2C=C3C=CC(=N3)C=c3ccc([nH]3)=CC3=NC(c4cnc(-c5cccnc5)o4)(C=C3)C=C1N2. The van der Waals surface area contributed by atoms with Crippen molar-refractivity contribution >= 4 is 29.4 Å². The summed E-state index contributed by atoms with van der Waals surface area (Å²) < 4.78 is 6.27. The van der Waals surface area contributed by atoms with Gasteiger partial charge in [-0.25, -0.2) is 9.98 Å². The lowest BCUT2D eigenvalue weighted by Gasteiger charge is -2.23. The van der Waals surface area contributed by atoms with E-state index in [1.54, 1.807) is 18.6 Å². The molecule has 8 heteroatoms.